The maximum absolute atomic E-state index is 13.3. The molecule has 0 radical (unpaired) electrons. The molecule has 1 fully saturated rings. The standard InChI is InChI=1S/C17H17F5N4O2/c1-8-14(10-3-2-9(6-12(10)27)17(20,21)22)25-26-15(23-8)24-11-4-5-16(18,19)7-13(11)28/h2-3,6,11,13,27-28H,4-5,7H2,1H3,(H,23,24,26)/t11-,13-/m1/s1. The first kappa shape index (κ1) is 20.2. The van der Waals surface area contributed by atoms with Crippen molar-refractivity contribution < 1.29 is 32.2 Å². The Morgan fingerprint density at radius 1 is 1.21 bits per heavy atom. The molecule has 6 nitrogen and oxygen atoms in total. The smallest absolute Gasteiger partial charge is 0.416 e. The number of aromatic hydroxyl groups is 1. The minimum Gasteiger partial charge on any atom is -0.507 e. The Bertz CT molecular complexity index is 875. The van der Waals surface area contributed by atoms with Gasteiger partial charge in [-0.15, -0.1) is 10.2 Å². The van der Waals surface area contributed by atoms with Crippen LogP contribution in [0.3, 0.4) is 0 Å². The van der Waals surface area contributed by atoms with Crippen LogP contribution in [0.15, 0.2) is 18.2 Å². The van der Waals surface area contributed by atoms with Crippen LogP contribution in [-0.2, 0) is 6.18 Å². The fraction of sp³-hybridized carbons (Fsp3) is 0.471. The van der Waals surface area contributed by atoms with E-state index in [1.165, 1.54) is 6.92 Å². The van der Waals surface area contributed by atoms with E-state index in [2.05, 4.69) is 20.5 Å². The molecule has 1 aromatic carbocycles. The normalized spacial score (nSPS) is 22.1. The van der Waals surface area contributed by atoms with Gasteiger partial charge in [0.2, 0.25) is 5.95 Å². The number of halogens is 5. The minimum absolute atomic E-state index is 0.0119. The summed E-state index contributed by atoms with van der Waals surface area (Å²) >= 11 is 0. The van der Waals surface area contributed by atoms with Crippen LogP contribution in [0.25, 0.3) is 11.3 Å². The zero-order chi connectivity index (χ0) is 20.7. The van der Waals surface area contributed by atoms with Gasteiger partial charge in [0.05, 0.1) is 23.4 Å². The molecular weight excluding hydrogens is 387 g/mol. The minimum atomic E-state index is -4.60. The largest absolute Gasteiger partial charge is 0.507 e. The molecular formula is C17H17F5N4O2. The van der Waals surface area contributed by atoms with Crippen molar-refractivity contribution in [2.75, 3.05) is 5.32 Å². The number of benzene rings is 1. The van der Waals surface area contributed by atoms with Crippen LogP contribution < -0.4 is 5.32 Å². The highest BCUT2D eigenvalue weighted by Gasteiger charge is 2.41. The molecule has 3 N–H and O–H groups in total. The van der Waals surface area contributed by atoms with Crippen LogP contribution in [-0.4, -0.2) is 43.5 Å². The first-order valence-corrected chi connectivity index (χ1v) is 8.40. The van der Waals surface area contributed by atoms with Crippen LogP contribution in [0.4, 0.5) is 27.9 Å². The van der Waals surface area contributed by atoms with Gasteiger partial charge in [0.25, 0.3) is 5.92 Å². The van der Waals surface area contributed by atoms with Crippen LogP contribution in [0.5, 0.6) is 5.75 Å². The molecule has 0 bridgehead atoms. The van der Waals surface area contributed by atoms with Crippen molar-refractivity contribution in [3.63, 3.8) is 0 Å². The van der Waals surface area contributed by atoms with Gasteiger partial charge in [-0.05, 0) is 31.5 Å². The van der Waals surface area contributed by atoms with Gasteiger partial charge < -0.3 is 15.5 Å². The molecule has 0 unspecified atom stereocenters. The summed E-state index contributed by atoms with van der Waals surface area (Å²) in [6, 6.07) is 1.78. The quantitative estimate of drug-likeness (QED) is 0.678. The van der Waals surface area contributed by atoms with Crippen molar-refractivity contribution in [1.29, 1.82) is 0 Å². The summed E-state index contributed by atoms with van der Waals surface area (Å²) < 4.78 is 64.7. The molecule has 1 aromatic heterocycles. The Balaban J connectivity index is 1.80. The Morgan fingerprint density at radius 2 is 1.93 bits per heavy atom. The van der Waals surface area contributed by atoms with Gasteiger partial charge in [0.1, 0.15) is 11.4 Å². The van der Waals surface area contributed by atoms with Gasteiger partial charge in [0, 0.05) is 18.4 Å². The molecule has 0 saturated heterocycles. The molecule has 1 aliphatic carbocycles. The third-order valence-corrected chi connectivity index (χ3v) is 4.55. The van der Waals surface area contributed by atoms with Gasteiger partial charge in [-0.25, -0.2) is 13.8 Å². The van der Waals surface area contributed by atoms with Crippen LogP contribution in [0.1, 0.15) is 30.5 Å². The molecule has 11 heteroatoms. The number of nitrogens with one attached hydrogen (secondary N) is 1. The van der Waals surface area contributed by atoms with Gasteiger partial charge in [-0.3, -0.25) is 0 Å². The number of hydrogen-bond acceptors (Lipinski definition) is 6. The molecule has 28 heavy (non-hydrogen) atoms. The van der Waals surface area contributed by atoms with E-state index in [-0.39, 0.29) is 35.7 Å². The summed E-state index contributed by atoms with van der Waals surface area (Å²) in [7, 11) is 0. The van der Waals surface area contributed by atoms with E-state index in [0.29, 0.717) is 6.07 Å². The number of nitrogens with zero attached hydrogens (tertiary/aromatic N) is 3. The lowest BCUT2D eigenvalue weighted by molar-refractivity contribution is -0.137. The van der Waals surface area contributed by atoms with Crippen LogP contribution >= 0.6 is 0 Å². The molecule has 1 saturated carbocycles. The predicted octanol–water partition coefficient (Wildman–Crippen LogP) is 3.53. The Hall–Kier alpha value is -2.56. The molecule has 1 aliphatic rings. The molecule has 152 valence electrons. The van der Waals surface area contributed by atoms with Crippen molar-refractivity contribution in [2.24, 2.45) is 0 Å². The van der Waals surface area contributed by atoms with Gasteiger partial charge in [-0.1, -0.05) is 0 Å². The van der Waals surface area contributed by atoms with Gasteiger partial charge in [0.15, 0.2) is 0 Å². The Kier molecular flexibility index (Phi) is 5.13. The number of aromatic nitrogens is 3. The average Bonchev–Trinajstić information content (AvgIpc) is 2.57. The number of hydrogen-bond donors (Lipinski definition) is 3. The summed E-state index contributed by atoms with van der Waals surface area (Å²) in [5.74, 6) is -3.56. The van der Waals surface area contributed by atoms with E-state index in [1.54, 1.807) is 0 Å². The topological polar surface area (TPSA) is 91.2 Å². The van der Waals surface area contributed by atoms with Gasteiger partial charge in [-0.2, -0.15) is 13.2 Å². The molecule has 3 rings (SSSR count). The second-order valence-corrected chi connectivity index (χ2v) is 6.72. The summed E-state index contributed by atoms with van der Waals surface area (Å²) in [6.45, 7) is 1.51. The highest BCUT2D eigenvalue weighted by atomic mass is 19.4. The molecule has 0 aliphatic heterocycles. The number of rotatable bonds is 3. The number of anilines is 1. The van der Waals surface area contributed by atoms with Crippen molar-refractivity contribution in [3.8, 4) is 17.0 Å². The first-order chi connectivity index (χ1) is 13.0. The van der Waals surface area contributed by atoms with E-state index in [4.69, 9.17) is 0 Å². The summed E-state index contributed by atoms with van der Waals surface area (Å²) in [5.41, 5.74) is -0.654. The number of aliphatic hydroxyl groups excluding tert-OH is 1. The molecule has 2 aromatic rings. The number of phenols is 1. The van der Waals surface area contributed by atoms with E-state index in [0.717, 1.165) is 12.1 Å². The number of phenolic OH excluding ortho intramolecular Hbond substituents is 1. The monoisotopic (exact) mass is 404 g/mol. The fourth-order valence-electron chi connectivity index (χ4n) is 3.07. The third kappa shape index (κ3) is 4.29. The SMILES string of the molecule is Cc1nc(N[C@@H]2CCC(F)(F)C[C@H]2O)nnc1-c1ccc(C(F)(F)F)cc1O. The van der Waals surface area contributed by atoms with E-state index in [9.17, 15) is 32.2 Å². The zero-order valence-corrected chi connectivity index (χ0v) is 14.6. The van der Waals surface area contributed by atoms with Crippen molar-refractivity contribution in [2.45, 2.75) is 50.4 Å². The molecule has 0 spiro atoms. The highest BCUT2D eigenvalue weighted by molar-refractivity contribution is 5.69. The van der Waals surface area contributed by atoms with Gasteiger partial charge >= 0.3 is 6.18 Å². The first-order valence-electron chi connectivity index (χ1n) is 8.40. The average molecular weight is 404 g/mol. The number of aliphatic hydroxyl groups is 1. The number of alkyl halides is 5. The van der Waals surface area contributed by atoms with E-state index >= 15 is 0 Å². The maximum Gasteiger partial charge on any atom is 0.416 e. The van der Waals surface area contributed by atoms with Crippen LogP contribution in [0, 0.1) is 6.92 Å². The zero-order valence-electron chi connectivity index (χ0n) is 14.6. The van der Waals surface area contributed by atoms with Crippen molar-refractivity contribution in [1.82, 2.24) is 15.2 Å². The third-order valence-electron chi connectivity index (χ3n) is 4.55. The lowest BCUT2D eigenvalue weighted by Gasteiger charge is -2.33. The Labute approximate surface area is 156 Å². The number of aryl methyl sites for hydroxylation is 1. The molecule has 0 amide bonds. The summed E-state index contributed by atoms with van der Waals surface area (Å²) in [6.07, 6.45) is -6.93. The summed E-state index contributed by atoms with van der Waals surface area (Å²) in [4.78, 5) is 4.11. The second kappa shape index (κ2) is 7.12. The predicted molar refractivity (Wildman–Crippen MR) is 88.9 cm³/mol. The summed E-state index contributed by atoms with van der Waals surface area (Å²) in [5, 5.41) is 30.2. The lowest BCUT2D eigenvalue weighted by Crippen LogP contribution is -2.44. The Morgan fingerprint density at radius 3 is 2.50 bits per heavy atom. The second-order valence-electron chi connectivity index (χ2n) is 6.72. The molecule has 2 atom stereocenters. The van der Waals surface area contributed by atoms with E-state index < -0.39 is 42.0 Å². The fourth-order valence-corrected chi connectivity index (χ4v) is 3.07. The van der Waals surface area contributed by atoms with Crippen molar-refractivity contribution >= 4 is 5.95 Å². The van der Waals surface area contributed by atoms with Crippen LogP contribution in [0.2, 0.25) is 0 Å². The highest BCUT2D eigenvalue weighted by Crippen LogP contribution is 2.37. The lowest BCUT2D eigenvalue weighted by atomic mass is 9.90. The maximum atomic E-state index is 13.3. The van der Waals surface area contributed by atoms with E-state index in [1.807, 2.05) is 0 Å². The molecule has 1 heterocycles. The van der Waals surface area contributed by atoms with Crippen molar-refractivity contribution in [3.05, 3.63) is 29.5 Å².